The van der Waals surface area contributed by atoms with Crippen LogP contribution >= 0.6 is 0 Å². The highest BCUT2D eigenvalue weighted by Crippen LogP contribution is 2.22. The van der Waals surface area contributed by atoms with Crippen molar-refractivity contribution < 1.29 is 19.4 Å². The first kappa shape index (κ1) is 14.5. The van der Waals surface area contributed by atoms with Gasteiger partial charge in [0.25, 0.3) is 0 Å². The van der Waals surface area contributed by atoms with Gasteiger partial charge in [-0.1, -0.05) is 29.8 Å². The van der Waals surface area contributed by atoms with E-state index in [0.717, 1.165) is 5.56 Å². The summed E-state index contributed by atoms with van der Waals surface area (Å²) >= 11 is 0. The summed E-state index contributed by atoms with van der Waals surface area (Å²) in [6, 6.07) is 7.29. The van der Waals surface area contributed by atoms with Crippen LogP contribution in [0.4, 0.5) is 0 Å². The van der Waals surface area contributed by atoms with Gasteiger partial charge in [0.15, 0.2) is 0 Å². The number of aryl methyl sites for hydroxylation is 1. The lowest BCUT2D eigenvalue weighted by Gasteiger charge is -2.28. The third-order valence-corrected chi connectivity index (χ3v) is 3.52. The maximum atomic E-state index is 12.2. The normalized spacial score (nSPS) is 16.8. The Morgan fingerprint density at radius 3 is 2.40 bits per heavy atom. The molecule has 0 bridgehead atoms. The zero-order chi connectivity index (χ0) is 14.5. The molecule has 5 nitrogen and oxygen atoms in total. The predicted molar refractivity (Wildman–Crippen MR) is 73.6 cm³/mol. The highest BCUT2D eigenvalue weighted by Gasteiger charge is 2.26. The molecule has 1 saturated heterocycles. The van der Waals surface area contributed by atoms with Gasteiger partial charge in [0.1, 0.15) is 0 Å². The number of amides is 1. The van der Waals surface area contributed by atoms with Gasteiger partial charge in [0.2, 0.25) is 5.91 Å². The van der Waals surface area contributed by atoms with E-state index in [4.69, 9.17) is 4.74 Å². The van der Waals surface area contributed by atoms with Crippen molar-refractivity contribution in [3.8, 4) is 0 Å². The number of nitrogens with zero attached hydrogens (tertiary/aromatic N) is 1. The highest BCUT2D eigenvalue weighted by molar-refractivity contribution is 5.85. The number of aliphatic carboxylic acids is 1. The standard InChI is InChI=1S/C15H19NO4/c1-11-2-4-12(5-3-11)13(15(18)19)10-14(17)16-6-8-20-9-7-16/h2-5,13H,6-10H2,1H3,(H,18,19). The fourth-order valence-corrected chi connectivity index (χ4v) is 2.26. The molecule has 1 aliphatic heterocycles. The van der Waals surface area contributed by atoms with Gasteiger partial charge in [-0.3, -0.25) is 9.59 Å². The Labute approximate surface area is 118 Å². The topological polar surface area (TPSA) is 66.8 Å². The van der Waals surface area contributed by atoms with E-state index in [-0.39, 0.29) is 12.3 Å². The molecule has 0 spiro atoms. The summed E-state index contributed by atoms with van der Waals surface area (Å²) in [4.78, 5) is 25.2. The molecule has 1 aromatic rings. The second kappa shape index (κ2) is 6.52. The quantitative estimate of drug-likeness (QED) is 0.903. The molecule has 0 saturated carbocycles. The van der Waals surface area contributed by atoms with E-state index in [1.54, 1.807) is 17.0 Å². The van der Waals surface area contributed by atoms with Crippen molar-refractivity contribution in [1.82, 2.24) is 4.90 Å². The zero-order valence-electron chi connectivity index (χ0n) is 11.5. The van der Waals surface area contributed by atoms with Gasteiger partial charge in [-0.05, 0) is 12.5 Å². The van der Waals surface area contributed by atoms with Crippen molar-refractivity contribution in [2.24, 2.45) is 0 Å². The number of carboxylic acid groups (broad SMARTS) is 1. The van der Waals surface area contributed by atoms with Crippen molar-refractivity contribution >= 4 is 11.9 Å². The molecule has 108 valence electrons. The minimum atomic E-state index is -0.963. The number of hydrogen-bond donors (Lipinski definition) is 1. The SMILES string of the molecule is Cc1ccc(C(CC(=O)N2CCOCC2)C(=O)O)cc1. The fourth-order valence-electron chi connectivity index (χ4n) is 2.26. The van der Waals surface area contributed by atoms with Crippen LogP contribution in [0.5, 0.6) is 0 Å². The monoisotopic (exact) mass is 277 g/mol. The van der Waals surface area contributed by atoms with Crippen LogP contribution in [-0.2, 0) is 14.3 Å². The molecule has 1 N–H and O–H groups in total. The summed E-state index contributed by atoms with van der Waals surface area (Å²) in [5, 5.41) is 9.35. The van der Waals surface area contributed by atoms with Crippen molar-refractivity contribution in [3.05, 3.63) is 35.4 Å². The average molecular weight is 277 g/mol. The van der Waals surface area contributed by atoms with Crippen LogP contribution in [0.1, 0.15) is 23.5 Å². The summed E-state index contributed by atoms with van der Waals surface area (Å²) in [5.74, 6) is -1.87. The second-order valence-electron chi connectivity index (χ2n) is 5.00. The van der Waals surface area contributed by atoms with E-state index < -0.39 is 11.9 Å². The molecule has 0 aliphatic carbocycles. The smallest absolute Gasteiger partial charge is 0.311 e. The van der Waals surface area contributed by atoms with Crippen LogP contribution in [0, 0.1) is 6.92 Å². The number of rotatable bonds is 4. The molecular weight excluding hydrogens is 258 g/mol. The Morgan fingerprint density at radius 2 is 1.85 bits per heavy atom. The summed E-state index contributed by atoms with van der Waals surface area (Å²) < 4.78 is 5.19. The van der Waals surface area contributed by atoms with Crippen molar-refractivity contribution in [2.45, 2.75) is 19.3 Å². The Morgan fingerprint density at radius 1 is 1.25 bits per heavy atom. The number of carbonyl (C=O) groups is 2. The van der Waals surface area contributed by atoms with E-state index in [1.807, 2.05) is 19.1 Å². The number of ether oxygens (including phenoxy) is 1. The Bertz CT molecular complexity index is 477. The molecule has 1 amide bonds. The highest BCUT2D eigenvalue weighted by atomic mass is 16.5. The van der Waals surface area contributed by atoms with Gasteiger partial charge in [0.05, 0.1) is 19.1 Å². The predicted octanol–water partition coefficient (Wildman–Crippen LogP) is 1.41. The van der Waals surface area contributed by atoms with Crippen LogP contribution in [0.25, 0.3) is 0 Å². The lowest BCUT2D eigenvalue weighted by molar-refractivity contribution is -0.144. The van der Waals surface area contributed by atoms with Crippen molar-refractivity contribution in [1.29, 1.82) is 0 Å². The first-order chi connectivity index (χ1) is 9.58. The molecule has 1 fully saturated rings. The lowest BCUT2D eigenvalue weighted by atomic mass is 9.94. The van der Waals surface area contributed by atoms with Gasteiger partial charge in [0, 0.05) is 19.5 Å². The number of benzene rings is 1. The molecule has 1 unspecified atom stereocenters. The molecule has 1 aliphatic rings. The third kappa shape index (κ3) is 3.57. The number of carboxylic acids is 1. The molecule has 0 aromatic heterocycles. The van der Waals surface area contributed by atoms with Crippen LogP contribution in [0.2, 0.25) is 0 Å². The van der Waals surface area contributed by atoms with Gasteiger partial charge in [-0.25, -0.2) is 0 Å². The lowest BCUT2D eigenvalue weighted by Crippen LogP contribution is -2.41. The van der Waals surface area contributed by atoms with Crippen molar-refractivity contribution in [2.75, 3.05) is 26.3 Å². The number of carbonyl (C=O) groups excluding carboxylic acids is 1. The van der Waals surface area contributed by atoms with E-state index in [2.05, 4.69) is 0 Å². The van der Waals surface area contributed by atoms with Crippen LogP contribution in [0.15, 0.2) is 24.3 Å². The molecule has 1 aromatic carbocycles. The minimum Gasteiger partial charge on any atom is -0.481 e. The molecule has 1 heterocycles. The summed E-state index contributed by atoms with van der Waals surface area (Å²) in [5.41, 5.74) is 1.74. The van der Waals surface area contributed by atoms with Crippen LogP contribution in [0.3, 0.4) is 0 Å². The van der Waals surface area contributed by atoms with E-state index in [9.17, 15) is 14.7 Å². The molecule has 1 atom stereocenters. The van der Waals surface area contributed by atoms with E-state index in [0.29, 0.717) is 31.9 Å². The zero-order valence-corrected chi connectivity index (χ0v) is 11.5. The number of hydrogen-bond acceptors (Lipinski definition) is 3. The summed E-state index contributed by atoms with van der Waals surface area (Å²) in [7, 11) is 0. The third-order valence-electron chi connectivity index (χ3n) is 3.52. The Balaban J connectivity index is 2.07. The Kier molecular flexibility index (Phi) is 4.74. The van der Waals surface area contributed by atoms with Gasteiger partial charge < -0.3 is 14.7 Å². The molecule has 5 heteroatoms. The van der Waals surface area contributed by atoms with Crippen LogP contribution < -0.4 is 0 Å². The summed E-state index contributed by atoms with van der Waals surface area (Å²) in [6.45, 7) is 4.07. The maximum absolute atomic E-state index is 12.2. The molecular formula is C15H19NO4. The average Bonchev–Trinajstić information content (AvgIpc) is 2.46. The van der Waals surface area contributed by atoms with E-state index >= 15 is 0 Å². The second-order valence-corrected chi connectivity index (χ2v) is 5.00. The van der Waals surface area contributed by atoms with E-state index in [1.165, 1.54) is 0 Å². The molecule has 20 heavy (non-hydrogen) atoms. The molecule has 2 rings (SSSR count). The first-order valence-corrected chi connectivity index (χ1v) is 6.73. The summed E-state index contributed by atoms with van der Waals surface area (Å²) in [6.07, 6.45) is -0.00159. The van der Waals surface area contributed by atoms with Gasteiger partial charge in [-0.15, -0.1) is 0 Å². The van der Waals surface area contributed by atoms with Crippen molar-refractivity contribution in [3.63, 3.8) is 0 Å². The minimum absolute atomic E-state index is 0.00159. The molecule has 0 radical (unpaired) electrons. The maximum Gasteiger partial charge on any atom is 0.311 e. The van der Waals surface area contributed by atoms with Crippen LogP contribution in [-0.4, -0.2) is 48.2 Å². The Hall–Kier alpha value is -1.88. The fraction of sp³-hybridized carbons (Fsp3) is 0.467. The largest absolute Gasteiger partial charge is 0.481 e. The number of morpholine rings is 1. The first-order valence-electron chi connectivity index (χ1n) is 6.73. The van der Waals surface area contributed by atoms with Gasteiger partial charge in [-0.2, -0.15) is 0 Å². The van der Waals surface area contributed by atoms with Gasteiger partial charge >= 0.3 is 5.97 Å².